The third-order valence-corrected chi connectivity index (χ3v) is 3.28. The molecule has 1 aromatic rings. The van der Waals surface area contributed by atoms with E-state index < -0.39 is 0 Å². The van der Waals surface area contributed by atoms with Crippen LogP contribution in [0, 0.1) is 0 Å². The van der Waals surface area contributed by atoms with Gasteiger partial charge in [0, 0.05) is 11.1 Å². The summed E-state index contributed by atoms with van der Waals surface area (Å²) in [5.74, 6) is 0.656. The highest BCUT2D eigenvalue weighted by Crippen LogP contribution is 2.51. The van der Waals surface area contributed by atoms with Gasteiger partial charge in [0.25, 0.3) is 0 Å². The third-order valence-electron chi connectivity index (χ3n) is 2.97. The Morgan fingerprint density at radius 1 is 1.43 bits per heavy atom. The zero-order valence-electron chi connectivity index (χ0n) is 8.43. The van der Waals surface area contributed by atoms with Gasteiger partial charge in [-0.05, 0) is 29.9 Å². The number of anilines is 1. The van der Waals surface area contributed by atoms with Crippen molar-refractivity contribution in [3.05, 3.63) is 22.7 Å². The number of halogens is 1. The van der Waals surface area contributed by atoms with Crippen LogP contribution in [0.2, 0.25) is 5.02 Å². The lowest BCUT2D eigenvalue weighted by atomic mass is 9.97. The Hall–Kier alpha value is -0.890. The molecule has 0 spiro atoms. The van der Waals surface area contributed by atoms with Crippen LogP contribution < -0.4 is 10.5 Å². The van der Waals surface area contributed by atoms with E-state index in [1.54, 1.807) is 13.2 Å². The minimum Gasteiger partial charge on any atom is -0.495 e. The molecule has 2 rings (SSSR count). The van der Waals surface area contributed by atoms with Crippen molar-refractivity contribution in [2.75, 3.05) is 12.8 Å². The number of nitrogens with two attached hydrogens (primary N) is 1. The summed E-state index contributed by atoms with van der Waals surface area (Å²) >= 11 is 6.17. The monoisotopic (exact) mass is 211 g/mol. The third kappa shape index (κ3) is 1.44. The van der Waals surface area contributed by atoms with Crippen molar-refractivity contribution in [2.24, 2.45) is 0 Å². The number of nitrogen functional groups attached to an aromatic ring is 1. The van der Waals surface area contributed by atoms with Crippen LogP contribution >= 0.6 is 11.6 Å². The van der Waals surface area contributed by atoms with Crippen molar-refractivity contribution in [1.82, 2.24) is 0 Å². The van der Waals surface area contributed by atoms with Crippen LogP contribution in [0.15, 0.2) is 12.1 Å². The van der Waals surface area contributed by atoms with Gasteiger partial charge < -0.3 is 10.5 Å². The maximum absolute atomic E-state index is 6.17. The van der Waals surface area contributed by atoms with Gasteiger partial charge in [0.15, 0.2) is 0 Å². The molecule has 2 nitrogen and oxygen atoms in total. The average Bonchev–Trinajstić information content (AvgIpc) is 2.88. The molecule has 1 aliphatic carbocycles. The van der Waals surface area contributed by atoms with Crippen LogP contribution in [0.4, 0.5) is 5.69 Å². The van der Waals surface area contributed by atoms with Gasteiger partial charge in [-0.25, -0.2) is 0 Å². The van der Waals surface area contributed by atoms with Crippen LogP contribution in [0.25, 0.3) is 0 Å². The molecule has 1 aliphatic rings. The summed E-state index contributed by atoms with van der Waals surface area (Å²) < 4.78 is 5.10. The number of benzene rings is 1. The van der Waals surface area contributed by atoms with Gasteiger partial charge in [-0.2, -0.15) is 0 Å². The SMILES string of the molecule is COc1cc(Cl)c(C2(C)CC2)cc1N. The van der Waals surface area contributed by atoms with Gasteiger partial charge in [0.05, 0.1) is 12.8 Å². The van der Waals surface area contributed by atoms with Crippen LogP contribution in [-0.2, 0) is 5.41 Å². The number of methoxy groups -OCH3 is 1. The van der Waals surface area contributed by atoms with Gasteiger partial charge in [-0.15, -0.1) is 0 Å². The smallest absolute Gasteiger partial charge is 0.143 e. The van der Waals surface area contributed by atoms with E-state index in [4.69, 9.17) is 22.1 Å². The lowest BCUT2D eigenvalue weighted by Gasteiger charge is -2.14. The van der Waals surface area contributed by atoms with Gasteiger partial charge in [0.2, 0.25) is 0 Å². The summed E-state index contributed by atoms with van der Waals surface area (Å²) in [5, 5.41) is 0.760. The van der Waals surface area contributed by atoms with E-state index in [1.165, 1.54) is 12.8 Å². The molecule has 1 aromatic carbocycles. The summed E-state index contributed by atoms with van der Waals surface area (Å²) in [5.41, 5.74) is 7.91. The van der Waals surface area contributed by atoms with Gasteiger partial charge in [0.1, 0.15) is 5.75 Å². The number of hydrogen-bond donors (Lipinski definition) is 1. The highest BCUT2D eigenvalue weighted by molar-refractivity contribution is 6.31. The molecule has 0 aromatic heterocycles. The second kappa shape index (κ2) is 3.06. The molecule has 0 amide bonds. The van der Waals surface area contributed by atoms with E-state index in [0.717, 1.165) is 10.6 Å². The van der Waals surface area contributed by atoms with E-state index in [-0.39, 0.29) is 5.41 Å². The Labute approximate surface area is 89.0 Å². The average molecular weight is 212 g/mol. The van der Waals surface area contributed by atoms with Crippen molar-refractivity contribution < 1.29 is 4.74 Å². The van der Waals surface area contributed by atoms with Gasteiger partial charge in [-0.3, -0.25) is 0 Å². The highest BCUT2D eigenvalue weighted by Gasteiger charge is 2.40. The molecule has 0 unspecified atom stereocenters. The lowest BCUT2D eigenvalue weighted by molar-refractivity contribution is 0.417. The van der Waals surface area contributed by atoms with E-state index >= 15 is 0 Å². The number of hydrogen-bond acceptors (Lipinski definition) is 2. The molecule has 0 heterocycles. The van der Waals surface area contributed by atoms with Crippen LogP contribution in [-0.4, -0.2) is 7.11 Å². The first kappa shape index (κ1) is 9.66. The second-order valence-corrected chi connectivity index (χ2v) is 4.54. The maximum atomic E-state index is 6.17. The first-order valence-corrected chi connectivity index (χ1v) is 5.08. The van der Waals surface area contributed by atoms with E-state index in [2.05, 4.69) is 6.92 Å². The van der Waals surface area contributed by atoms with Gasteiger partial charge >= 0.3 is 0 Å². The Bertz CT molecular complexity index is 372. The molecular formula is C11H14ClNO. The summed E-state index contributed by atoms with van der Waals surface area (Å²) in [4.78, 5) is 0. The van der Waals surface area contributed by atoms with Crippen molar-refractivity contribution in [1.29, 1.82) is 0 Å². The molecule has 14 heavy (non-hydrogen) atoms. The predicted molar refractivity (Wildman–Crippen MR) is 59.0 cm³/mol. The minimum atomic E-state index is 0.247. The Morgan fingerprint density at radius 3 is 2.57 bits per heavy atom. The van der Waals surface area contributed by atoms with E-state index in [1.807, 2.05) is 6.07 Å². The summed E-state index contributed by atoms with van der Waals surface area (Å²) in [6, 6.07) is 3.74. The van der Waals surface area contributed by atoms with Crippen LogP contribution in [0.3, 0.4) is 0 Å². The fourth-order valence-corrected chi connectivity index (χ4v) is 2.05. The molecule has 0 atom stereocenters. The largest absolute Gasteiger partial charge is 0.495 e. The van der Waals surface area contributed by atoms with Gasteiger partial charge in [-0.1, -0.05) is 18.5 Å². The fourth-order valence-electron chi connectivity index (χ4n) is 1.67. The van der Waals surface area contributed by atoms with E-state index in [9.17, 15) is 0 Å². The summed E-state index contributed by atoms with van der Waals surface area (Å²) in [6.45, 7) is 2.21. The quantitative estimate of drug-likeness (QED) is 0.764. The highest BCUT2D eigenvalue weighted by atomic mass is 35.5. The molecule has 3 heteroatoms. The first-order valence-electron chi connectivity index (χ1n) is 4.70. The second-order valence-electron chi connectivity index (χ2n) is 4.13. The van der Waals surface area contributed by atoms with Crippen molar-refractivity contribution >= 4 is 17.3 Å². The van der Waals surface area contributed by atoms with E-state index in [0.29, 0.717) is 11.4 Å². The molecular weight excluding hydrogens is 198 g/mol. The fraction of sp³-hybridized carbons (Fsp3) is 0.455. The molecule has 0 aliphatic heterocycles. The minimum absolute atomic E-state index is 0.247. The molecule has 0 bridgehead atoms. The standard InChI is InChI=1S/C11H14ClNO/c1-11(3-4-11)7-5-9(13)10(14-2)6-8(7)12/h5-6H,3-4,13H2,1-2H3. The summed E-state index contributed by atoms with van der Waals surface area (Å²) in [7, 11) is 1.60. The van der Waals surface area contributed by atoms with Crippen molar-refractivity contribution in [3.8, 4) is 5.75 Å². The Balaban J connectivity index is 2.48. The predicted octanol–water partition coefficient (Wildman–Crippen LogP) is 2.98. The maximum Gasteiger partial charge on any atom is 0.143 e. The summed E-state index contributed by atoms with van der Waals surface area (Å²) in [6.07, 6.45) is 2.39. The molecule has 0 saturated heterocycles. The number of rotatable bonds is 2. The zero-order valence-corrected chi connectivity index (χ0v) is 9.19. The molecule has 1 saturated carbocycles. The Morgan fingerprint density at radius 2 is 2.07 bits per heavy atom. The number of ether oxygens (including phenoxy) is 1. The molecule has 0 radical (unpaired) electrons. The topological polar surface area (TPSA) is 35.2 Å². The Kier molecular flexibility index (Phi) is 2.11. The van der Waals surface area contributed by atoms with Crippen LogP contribution in [0.5, 0.6) is 5.75 Å². The normalized spacial score (nSPS) is 17.9. The zero-order chi connectivity index (χ0) is 10.3. The van der Waals surface area contributed by atoms with Crippen molar-refractivity contribution in [3.63, 3.8) is 0 Å². The molecule has 76 valence electrons. The lowest BCUT2D eigenvalue weighted by Crippen LogP contribution is -2.03. The van der Waals surface area contributed by atoms with Crippen LogP contribution in [0.1, 0.15) is 25.3 Å². The molecule has 1 fully saturated rings. The van der Waals surface area contributed by atoms with Crippen molar-refractivity contribution in [2.45, 2.75) is 25.2 Å². The first-order chi connectivity index (χ1) is 6.57. The molecule has 2 N–H and O–H groups in total.